The number of carbonyl (C=O) groups excluding carboxylic acids is 3. The predicted molar refractivity (Wildman–Crippen MR) is 103 cm³/mol. The summed E-state index contributed by atoms with van der Waals surface area (Å²) >= 11 is 0. The fraction of sp³-hybridized carbons (Fsp3) is 0.500. The van der Waals surface area contributed by atoms with E-state index in [1.165, 1.54) is 6.92 Å². The maximum atomic E-state index is 12.3. The van der Waals surface area contributed by atoms with Gasteiger partial charge >= 0.3 is 6.09 Å². The van der Waals surface area contributed by atoms with Crippen LogP contribution in [-0.2, 0) is 14.3 Å². The molecule has 1 aliphatic rings. The van der Waals surface area contributed by atoms with Crippen LogP contribution in [0.5, 0.6) is 0 Å². The number of anilines is 1. The van der Waals surface area contributed by atoms with Crippen LogP contribution in [0.1, 0.15) is 38.7 Å². The van der Waals surface area contributed by atoms with E-state index >= 15 is 0 Å². The molecule has 28 heavy (non-hydrogen) atoms. The van der Waals surface area contributed by atoms with E-state index in [2.05, 4.69) is 5.32 Å². The van der Waals surface area contributed by atoms with Gasteiger partial charge in [0, 0.05) is 39.0 Å². The molecule has 0 unspecified atom stereocenters. The van der Waals surface area contributed by atoms with E-state index in [0.29, 0.717) is 50.3 Å². The molecule has 8 heteroatoms. The minimum absolute atomic E-state index is 0.0117. The second-order valence-corrected chi connectivity index (χ2v) is 6.59. The van der Waals surface area contributed by atoms with Crippen LogP contribution in [0.3, 0.4) is 0 Å². The first-order chi connectivity index (χ1) is 13.5. The molecule has 1 aromatic carbocycles. The van der Waals surface area contributed by atoms with Crippen molar-refractivity contribution in [2.75, 3.05) is 31.6 Å². The number of carbonyl (C=O) groups is 3. The lowest BCUT2D eigenvalue weighted by atomic mass is 10.0. The highest BCUT2D eigenvalue weighted by molar-refractivity contribution is 5.92. The monoisotopic (exact) mass is 386 g/mol. The molecular formula is C20H26N4O4. The Kier molecular flexibility index (Phi) is 7.81. The smallest absolute Gasteiger partial charge is 0.409 e. The Bertz CT molecular complexity index is 751. The number of nitrogens with one attached hydrogen (secondary N) is 1. The van der Waals surface area contributed by atoms with Gasteiger partial charge in [-0.1, -0.05) is 12.1 Å². The molecule has 1 aromatic rings. The van der Waals surface area contributed by atoms with Gasteiger partial charge < -0.3 is 19.9 Å². The zero-order valence-electron chi connectivity index (χ0n) is 16.3. The van der Waals surface area contributed by atoms with Crippen LogP contribution in [0.2, 0.25) is 0 Å². The molecule has 0 atom stereocenters. The summed E-state index contributed by atoms with van der Waals surface area (Å²) in [6.07, 6.45) is 1.11. The Labute approximate surface area is 165 Å². The summed E-state index contributed by atoms with van der Waals surface area (Å²) in [4.78, 5) is 39.5. The number of nitrogens with zero attached hydrogens (tertiary/aromatic N) is 3. The molecule has 2 rings (SSSR count). The Morgan fingerprint density at radius 1 is 1.29 bits per heavy atom. The van der Waals surface area contributed by atoms with Crippen molar-refractivity contribution < 1.29 is 19.1 Å². The fourth-order valence-corrected chi connectivity index (χ4v) is 3.30. The van der Waals surface area contributed by atoms with Crippen molar-refractivity contribution in [2.24, 2.45) is 0 Å². The SMILES string of the molecule is CCOC(=O)N1CCC(N(CCC(=O)Nc2ccccc2C#N)C(C)=O)CC1. The summed E-state index contributed by atoms with van der Waals surface area (Å²) in [5, 5.41) is 11.8. The number of ether oxygens (including phenoxy) is 1. The standard InChI is InChI=1S/C20H26N4O4/c1-3-28-20(27)23-11-8-17(9-12-23)24(15(2)25)13-10-19(26)22-18-7-5-4-6-16(18)14-21/h4-7,17H,3,8-13H2,1-2H3,(H,22,26). The van der Waals surface area contributed by atoms with Crippen LogP contribution >= 0.6 is 0 Å². The molecule has 1 fully saturated rings. The van der Waals surface area contributed by atoms with Crippen molar-refractivity contribution in [3.8, 4) is 6.07 Å². The number of piperidine rings is 1. The van der Waals surface area contributed by atoms with Gasteiger partial charge in [0.05, 0.1) is 17.9 Å². The van der Waals surface area contributed by atoms with Crippen molar-refractivity contribution in [3.05, 3.63) is 29.8 Å². The molecule has 0 aliphatic carbocycles. The summed E-state index contributed by atoms with van der Waals surface area (Å²) in [6.45, 7) is 4.93. The molecule has 0 spiro atoms. The van der Waals surface area contributed by atoms with Crippen molar-refractivity contribution in [1.29, 1.82) is 5.26 Å². The molecule has 0 aromatic heterocycles. The van der Waals surface area contributed by atoms with Crippen molar-refractivity contribution in [3.63, 3.8) is 0 Å². The van der Waals surface area contributed by atoms with Crippen LogP contribution in [0.25, 0.3) is 0 Å². The van der Waals surface area contributed by atoms with Gasteiger partial charge in [-0.25, -0.2) is 4.79 Å². The second-order valence-electron chi connectivity index (χ2n) is 6.59. The molecule has 1 saturated heterocycles. The summed E-state index contributed by atoms with van der Waals surface area (Å²) in [5.74, 6) is -0.349. The minimum atomic E-state index is -0.328. The summed E-state index contributed by atoms with van der Waals surface area (Å²) < 4.78 is 5.01. The lowest BCUT2D eigenvalue weighted by Crippen LogP contribution is -2.49. The number of rotatable bonds is 6. The fourth-order valence-electron chi connectivity index (χ4n) is 3.30. The highest BCUT2D eigenvalue weighted by atomic mass is 16.6. The van der Waals surface area contributed by atoms with Gasteiger partial charge in [0.25, 0.3) is 0 Å². The van der Waals surface area contributed by atoms with Crippen LogP contribution in [0.15, 0.2) is 24.3 Å². The molecular weight excluding hydrogens is 360 g/mol. The first-order valence-corrected chi connectivity index (χ1v) is 9.44. The van der Waals surface area contributed by atoms with Gasteiger partial charge in [-0.05, 0) is 31.9 Å². The van der Waals surface area contributed by atoms with Crippen LogP contribution in [-0.4, -0.2) is 60.0 Å². The number of hydrogen-bond donors (Lipinski definition) is 1. The Hall–Kier alpha value is -3.08. The maximum Gasteiger partial charge on any atom is 0.409 e. The third-order valence-corrected chi connectivity index (χ3v) is 4.74. The molecule has 8 nitrogen and oxygen atoms in total. The van der Waals surface area contributed by atoms with Gasteiger partial charge in [0.2, 0.25) is 11.8 Å². The highest BCUT2D eigenvalue weighted by Gasteiger charge is 2.29. The predicted octanol–water partition coefficient (Wildman–Crippen LogP) is 2.36. The van der Waals surface area contributed by atoms with Crippen LogP contribution in [0.4, 0.5) is 10.5 Å². The average Bonchev–Trinajstić information content (AvgIpc) is 2.69. The largest absolute Gasteiger partial charge is 0.450 e. The third kappa shape index (κ3) is 5.71. The second kappa shape index (κ2) is 10.3. The molecule has 1 aliphatic heterocycles. The molecule has 1 heterocycles. The van der Waals surface area contributed by atoms with E-state index in [0.717, 1.165) is 0 Å². The van der Waals surface area contributed by atoms with Crippen molar-refractivity contribution >= 4 is 23.6 Å². The number of likely N-dealkylation sites (tertiary alicyclic amines) is 1. The molecule has 0 saturated carbocycles. The van der Waals surface area contributed by atoms with Gasteiger partial charge in [-0.2, -0.15) is 5.26 Å². The zero-order chi connectivity index (χ0) is 20.5. The lowest BCUT2D eigenvalue weighted by Gasteiger charge is -2.37. The van der Waals surface area contributed by atoms with Gasteiger partial charge in [-0.3, -0.25) is 9.59 Å². The minimum Gasteiger partial charge on any atom is -0.450 e. The van der Waals surface area contributed by atoms with E-state index in [9.17, 15) is 14.4 Å². The van der Waals surface area contributed by atoms with E-state index in [4.69, 9.17) is 10.00 Å². The Morgan fingerprint density at radius 2 is 1.96 bits per heavy atom. The number of amides is 3. The molecule has 0 bridgehead atoms. The van der Waals surface area contributed by atoms with E-state index in [1.807, 2.05) is 6.07 Å². The number of para-hydroxylation sites is 1. The zero-order valence-corrected chi connectivity index (χ0v) is 16.3. The third-order valence-electron chi connectivity index (χ3n) is 4.74. The van der Waals surface area contributed by atoms with Crippen LogP contribution in [0, 0.1) is 11.3 Å². The number of hydrogen-bond acceptors (Lipinski definition) is 5. The highest BCUT2D eigenvalue weighted by Crippen LogP contribution is 2.19. The lowest BCUT2D eigenvalue weighted by molar-refractivity contribution is -0.132. The Morgan fingerprint density at radius 3 is 2.57 bits per heavy atom. The van der Waals surface area contributed by atoms with E-state index < -0.39 is 0 Å². The average molecular weight is 386 g/mol. The quantitative estimate of drug-likeness (QED) is 0.808. The maximum absolute atomic E-state index is 12.3. The normalized spacial score (nSPS) is 14.1. The first kappa shape index (κ1) is 21.2. The van der Waals surface area contributed by atoms with E-state index in [1.54, 1.807) is 41.0 Å². The first-order valence-electron chi connectivity index (χ1n) is 9.44. The molecule has 3 amide bonds. The van der Waals surface area contributed by atoms with Gasteiger partial charge in [-0.15, -0.1) is 0 Å². The number of benzene rings is 1. The summed E-state index contributed by atoms with van der Waals surface area (Å²) in [6, 6.07) is 8.81. The van der Waals surface area contributed by atoms with Crippen LogP contribution < -0.4 is 5.32 Å². The molecule has 0 radical (unpaired) electrons. The molecule has 1 N–H and O–H groups in total. The van der Waals surface area contributed by atoms with Gasteiger partial charge in [0.15, 0.2) is 0 Å². The van der Waals surface area contributed by atoms with Crippen molar-refractivity contribution in [2.45, 2.75) is 39.2 Å². The van der Waals surface area contributed by atoms with Crippen molar-refractivity contribution in [1.82, 2.24) is 9.80 Å². The summed E-state index contributed by atoms with van der Waals surface area (Å²) in [5.41, 5.74) is 0.859. The van der Waals surface area contributed by atoms with E-state index in [-0.39, 0.29) is 30.4 Å². The Balaban J connectivity index is 1.88. The summed E-state index contributed by atoms with van der Waals surface area (Å²) in [7, 11) is 0. The number of nitriles is 1. The topological polar surface area (TPSA) is 103 Å². The molecule has 150 valence electrons. The van der Waals surface area contributed by atoms with Gasteiger partial charge in [0.1, 0.15) is 6.07 Å².